The number of hydrogen-bond donors (Lipinski definition) is 0. The van der Waals surface area contributed by atoms with Crippen molar-refractivity contribution >= 4 is 17.9 Å². The highest BCUT2D eigenvalue weighted by Crippen LogP contribution is 2.16. The van der Waals surface area contributed by atoms with E-state index in [2.05, 4.69) is 81.5 Å². The summed E-state index contributed by atoms with van der Waals surface area (Å²) in [4.78, 5) is 38.0. The molecule has 0 spiro atoms. The molecule has 0 radical (unpaired) electrons. The molecule has 0 rings (SSSR count). The molecule has 6 heteroatoms. The highest BCUT2D eigenvalue weighted by Gasteiger charge is 2.19. The van der Waals surface area contributed by atoms with Gasteiger partial charge in [0.05, 0.1) is 0 Å². The maximum Gasteiger partial charge on any atom is 0.306 e. The zero-order valence-corrected chi connectivity index (χ0v) is 43.0. The van der Waals surface area contributed by atoms with Gasteiger partial charge in [-0.2, -0.15) is 0 Å². The minimum atomic E-state index is -0.777. The number of rotatable bonds is 50. The highest BCUT2D eigenvalue weighted by atomic mass is 16.6. The van der Waals surface area contributed by atoms with E-state index in [1.807, 2.05) is 0 Å². The predicted molar refractivity (Wildman–Crippen MR) is 279 cm³/mol. The van der Waals surface area contributed by atoms with Crippen molar-refractivity contribution in [3.63, 3.8) is 0 Å². The van der Waals surface area contributed by atoms with Crippen molar-refractivity contribution in [2.24, 2.45) is 0 Å². The summed E-state index contributed by atoms with van der Waals surface area (Å²) < 4.78 is 16.8. The Kier molecular flexibility index (Phi) is 51.3. The van der Waals surface area contributed by atoms with Gasteiger partial charge in [-0.15, -0.1) is 0 Å². The molecule has 65 heavy (non-hydrogen) atoms. The van der Waals surface area contributed by atoms with Crippen LogP contribution in [0.15, 0.2) is 60.8 Å². The fourth-order valence-corrected chi connectivity index (χ4v) is 7.88. The van der Waals surface area contributed by atoms with Gasteiger partial charge in [-0.05, 0) is 64.2 Å². The van der Waals surface area contributed by atoms with E-state index in [-0.39, 0.29) is 31.1 Å². The number of carbonyl (C=O) groups excluding carboxylic acids is 3. The van der Waals surface area contributed by atoms with Gasteiger partial charge < -0.3 is 14.2 Å². The van der Waals surface area contributed by atoms with E-state index in [0.29, 0.717) is 19.3 Å². The highest BCUT2D eigenvalue weighted by molar-refractivity contribution is 5.71. The van der Waals surface area contributed by atoms with Crippen LogP contribution in [0.4, 0.5) is 0 Å². The van der Waals surface area contributed by atoms with Gasteiger partial charge in [-0.3, -0.25) is 14.4 Å². The molecule has 0 amide bonds. The van der Waals surface area contributed by atoms with Gasteiger partial charge in [0.1, 0.15) is 13.2 Å². The molecule has 1 atom stereocenters. The van der Waals surface area contributed by atoms with E-state index in [4.69, 9.17) is 14.2 Å². The van der Waals surface area contributed by atoms with Crippen molar-refractivity contribution in [3.05, 3.63) is 60.8 Å². The molecule has 0 aliphatic rings. The Bertz CT molecular complexity index is 1180. The topological polar surface area (TPSA) is 78.9 Å². The Morgan fingerprint density at radius 3 is 0.938 bits per heavy atom. The first kappa shape index (κ1) is 62.1. The SMILES string of the molecule is CC/C=C\C/C=C\C/C=C\C/C=C\C/C=C\CCCCCCCC(=O)OCC(COC(=O)CCCCCCCCCC)OC(=O)CCCCCCCCCCCCCCCCCCCC. The van der Waals surface area contributed by atoms with Crippen LogP contribution in [0.5, 0.6) is 0 Å². The van der Waals surface area contributed by atoms with Crippen LogP contribution in [-0.4, -0.2) is 37.2 Å². The Labute approximate surface area is 402 Å². The lowest BCUT2D eigenvalue weighted by atomic mass is 10.0. The van der Waals surface area contributed by atoms with Crippen LogP contribution in [0.25, 0.3) is 0 Å². The minimum absolute atomic E-state index is 0.0775. The summed E-state index contributed by atoms with van der Waals surface area (Å²) in [6.45, 7) is 6.50. The second-order valence-corrected chi connectivity index (χ2v) is 18.5. The zero-order valence-electron chi connectivity index (χ0n) is 43.0. The van der Waals surface area contributed by atoms with E-state index >= 15 is 0 Å². The first-order valence-corrected chi connectivity index (χ1v) is 27.8. The van der Waals surface area contributed by atoms with Crippen LogP contribution in [0.3, 0.4) is 0 Å². The van der Waals surface area contributed by atoms with Gasteiger partial charge >= 0.3 is 17.9 Å². The number of hydrogen-bond acceptors (Lipinski definition) is 6. The molecule has 0 aromatic rings. The number of esters is 3. The van der Waals surface area contributed by atoms with Crippen LogP contribution in [-0.2, 0) is 28.6 Å². The molecule has 0 bridgehead atoms. The second-order valence-electron chi connectivity index (χ2n) is 18.5. The van der Waals surface area contributed by atoms with Crippen LogP contribution in [0.1, 0.15) is 278 Å². The summed E-state index contributed by atoms with van der Waals surface area (Å²) in [5.41, 5.74) is 0. The van der Waals surface area contributed by atoms with Crippen LogP contribution >= 0.6 is 0 Å². The van der Waals surface area contributed by atoms with Gasteiger partial charge in [-0.1, -0.05) is 255 Å². The third kappa shape index (κ3) is 51.9. The molecular weight excluding hydrogens is 805 g/mol. The Balaban J connectivity index is 4.28. The smallest absolute Gasteiger partial charge is 0.306 e. The molecule has 376 valence electrons. The van der Waals surface area contributed by atoms with Gasteiger partial charge in [0, 0.05) is 19.3 Å². The van der Waals surface area contributed by atoms with Gasteiger partial charge in [0.25, 0.3) is 0 Å². The van der Waals surface area contributed by atoms with E-state index in [1.165, 1.54) is 128 Å². The Hall–Kier alpha value is -2.89. The predicted octanol–water partition coefficient (Wildman–Crippen LogP) is 18.4. The largest absolute Gasteiger partial charge is 0.462 e. The van der Waals surface area contributed by atoms with Crippen molar-refractivity contribution in [3.8, 4) is 0 Å². The molecule has 6 nitrogen and oxygen atoms in total. The molecular formula is C59H104O6. The van der Waals surface area contributed by atoms with E-state index in [9.17, 15) is 14.4 Å². The molecule has 1 unspecified atom stereocenters. The summed E-state index contributed by atoms with van der Waals surface area (Å²) >= 11 is 0. The summed E-state index contributed by atoms with van der Waals surface area (Å²) in [5.74, 6) is -0.891. The molecule has 0 saturated heterocycles. The Morgan fingerprint density at radius 2 is 0.600 bits per heavy atom. The lowest BCUT2D eigenvalue weighted by Gasteiger charge is -2.18. The maximum atomic E-state index is 12.8. The molecule has 0 N–H and O–H groups in total. The van der Waals surface area contributed by atoms with Gasteiger partial charge in [0.15, 0.2) is 6.10 Å². The molecule has 0 heterocycles. The summed E-state index contributed by atoms with van der Waals surface area (Å²) in [6, 6.07) is 0. The average Bonchev–Trinajstić information content (AvgIpc) is 3.30. The molecule has 0 fully saturated rings. The van der Waals surface area contributed by atoms with E-state index < -0.39 is 6.10 Å². The lowest BCUT2D eigenvalue weighted by molar-refractivity contribution is -0.167. The van der Waals surface area contributed by atoms with Crippen molar-refractivity contribution in [2.75, 3.05) is 13.2 Å². The molecule has 0 aliphatic carbocycles. The van der Waals surface area contributed by atoms with E-state index in [1.54, 1.807) is 0 Å². The monoisotopic (exact) mass is 909 g/mol. The fourth-order valence-electron chi connectivity index (χ4n) is 7.88. The average molecular weight is 909 g/mol. The molecule has 0 aromatic carbocycles. The zero-order chi connectivity index (χ0) is 47.2. The quantitative estimate of drug-likeness (QED) is 0.0262. The lowest BCUT2D eigenvalue weighted by Crippen LogP contribution is -2.30. The van der Waals surface area contributed by atoms with Gasteiger partial charge in [-0.25, -0.2) is 0 Å². The third-order valence-electron chi connectivity index (χ3n) is 12.0. The minimum Gasteiger partial charge on any atom is -0.462 e. The van der Waals surface area contributed by atoms with Crippen molar-refractivity contribution in [2.45, 2.75) is 284 Å². The van der Waals surface area contributed by atoms with E-state index in [0.717, 1.165) is 109 Å². The third-order valence-corrected chi connectivity index (χ3v) is 12.0. The second kappa shape index (κ2) is 53.7. The first-order chi connectivity index (χ1) is 32.0. The first-order valence-electron chi connectivity index (χ1n) is 27.8. The van der Waals surface area contributed by atoms with Crippen molar-refractivity contribution < 1.29 is 28.6 Å². The Morgan fingerprint density at radius 1 is 0.323 bits per heavy atom. The number of allylic oxidation sites excluding steroid dienone is 10. The van der Waals surface area contributed by atoms with Crippen molar-refractivity contribution in [1.29, 1.82) is 0 Å². The van der Waals surface area contributed by atoms with Crippen LogP contribution in [0, 0.1) is 0 Å². The summed E-state index contributed by atoms with van der Waals surface area (Å²) in [7, 11) is 0. The summed E-state index contributed by atoms with van der Waals surface area (Å²) in [6.07, 6.45) is 66.5. The molecule has 0 aromatic heterocycles. The van der Waals surface area contributed by atoms with Crippen molar-refractivity contribution in [1.82, 2.24) is 0 Å². The van der Waals surface area contributed by atoms with Gasteiger partial charge in [0.2, 0.25) is 0 Å². The van der Waals surface area contributed by atoms with Crippen LogP contribution in [0.2, 0.25) is 0 Å². The molecule has 0 aliphatic heterocycles. The summed E-state index contributed by atoms with van der Waals surface area (Å²) in [5, 5.41) is 0. The normalized spacial score (nSPS) is 12.5. The number of carbonyl (C=O) groups is 3. The fraction of sp³-hybridized carbons (Fsp3) is 0.780. The maximum absolute atomic E-state index is 12.8. The molecule has 0 saturated carbocycles. The van der Waals surface area contributed by atoms with Crippen LogP contribution < -0.4 is 0 Å². The standard InChI is InChI=1S/C59H104O6/c1-4-7-10-13-16-19-21-23-25-27-29-30-31-33-34-36-38-40-43-46-49-52-58(61)64-55-56(54-63-57(60)51-48-45-42-18-15-12-9-6-3)65-59(62)53-50-47-44-41-39-37-35-32-28-26-24-22-20-17-14-11-8-5-2/h7,10,16,19,23,25,29-30,33-34,56H,4-6,8-9,11-15,17-18,20-22,24,26-28,31-32,35-55H2,1-3H3/b10-7-,19-16-,25-23-,30-29-,34-33-. The number of ether oxygens (including phenoxy) is 3. The number of unbranched alkanes of at least 4 members (excludes halogenated alkanes) is 29.